The summed E-state index contributed by atoms with van der Waals surface area (Å²) in [7, 11) is 2.67. The van der Waals surface area contributed by atoms with Gasteiger partial charge in [0.1, 0.15) is 10.9 Å². The first kappa shape index (κ1) is 23.6. The standard InChI is InChI=1S/C27H26N2O4S/c1-15-9-6-7-12-20(15)21-14-34-25(29-21)19-11-8-10-18(13-19)24-22(26(30)32-4)16(2)28-17(3)23(24)27(31)33-5/h6-14,22,24H,1-5H3. The maximum absolute atomic E-state index is 12.8. The highest BCUT2D eigenvalue weighted by molar-refractivity contribution is 7.13. The number of nitrogens with zero attached hydrogens (tertiary/aromatic N) is 2. The number of carbonyl (C=O) groups excluding carboxylic acids is 2. The normalized spacial score (nSPS) is 17.9. The number of ether oxygens (including phenoxy) is 2. The van der Waals surface area contributed by atoms with Crippen LogP contribution in [0.2, 0.25) is 0 Å². The van der Waals surface area contributed by atoms with Crippen LogP contribution in [0.5, 0.6) is 0 Å². The minimum absolute atomic E-state index is 0.361. The molecule has 0 bridgehead atoms. The monoisotopic (exact) mass is 474 g/mol. The molecule has 4 rings (SSSR count). The predicted octanol–water partition coefficient (Wildman–Crippen LogP) is 5.58. The van der Waals surface area contributed by atoms with Crippen LogP contribution in [0.25, 0.3) is 21.8 Å². The molecule has 0 amide bonds. The molecule has 0 saturated heterocycles. The van der Waals surface area contributed by atoms with Crippen LogP contribution >= 0.6 is 11.3 Å². The minimum atomic E-state index is -0.725. The number of esters is 2. The van der Waals surface area contributed by atoms with Crippen molar-refractivity contribution < 1.29 is 19.1 Å². The van der Waals surface area contributed by atoms with Gasteiger partial charge in [-0.15, -0.1) is 11.3 Å². The van der Waals surface area contributed by atoms with E-state index in [1.807, 2.05) is 41.8 Å². The number of rotatable bonds is 5. The number of benzene rings is 2. The van der Waals surface area contributed by atoms with Crippen LogP contribution in [0.1, 0.15) is 30.9 Å². The number of aryl methyl sites for hydroxylation is 1. The van der Waals surface area contributed by atoms with Gasteiger partial charge in [0.05, 0.1) is 25.5 Å². The summed E-state index contributed by atoms with van der Waals surface area (Å²) in [5.74, 6) is -2.25. The third-order valence-corrected chi connectivity index (χ3v) is 7.00. The van der Waals surface area contributed by atoms with Crippen LogP contribution in [0.15, 0.2) is 70.2 Å². The van der Waals surface area contributed by atoms with Gasteiger partial charge in [-0.05, 0) is 38.0 Å². The van der Waals surface area contributed by atoms with E-state index < -0.39 is 23.8 Å². The lowest BCUT2D eigenvalue weighted by molar-refractivity contribution is -0.143. The first-order valence-electron chi connectivity index (χ1n) is 10.9. The highest BCUT2D eigenvalue weighted by Gasteiger charge is 2.42. The number of aliphatic imine (C=N–C) groups is 1. The summed E-state index contributed by atoms with van der Waals surface area (Å²) in [5.41, 5.74) is 6.39. The van der Waals surface area contributed by atoms with Gasteiger partial charge < -0.3 is 9.47 Å². The molecule has 1 aliphatic rings. The zero-order valence-corrected chi connectivity index (χ0v) is 20.6. The molecule has 1 aromatic heterocycles. The quantitative estimate of drug-likeness (QED) is 0.451. The van der Waals surface area contributed by atoms with Crippen LogP contribution in [-0.2, 0) is 19.1 Å². The molecule has 2 atom stereocenters. The van der Waals surface area contributed by atoms with Crippen LogP contribution in [0, 0.1) is 12.8 Å². The van der Waals surface area contributed by atoms with Crippen LogP contribution < -0.4 is 0 Å². The molecule has 2 unspecified atom stereocenters. The second-order valence-electron chi connectivity index (χ2n) is 8.20. The van der Waals surface area contributed by atoms with Gasteiger partial charge >= 0.3 is 11.9 Å². The van der Waals surface area contributed by atoms with E-state index in [1.54, 1.807) is 25.2 Å². The fourth-order valence-corrected chi connectivity index (χ4v) is 5.28. The Morgan fingerprint density at radius 1 is 0.971 bits per heavy atom. The Kier molecular flexibility index (Phi) is 6.75. The van der Waals surface area contributed by atoms with Crippen molar-refractivity contribution in [3.05, 3.63) is 76.3 Å². The first-order chi connectivity index (χ1) is 16.3. The lowest BCUT2D eigenvalue weighted by atomic mass is 9.75. The second kappa shape index (κ2) is 9.73. The van der Waals surface area contributed by atoms with Crippen molar-refractivity contribution >= 4 is 29.0 Å². The number of carbonyl (C=O) groups is 2. The predicted molar refractivity (Wildman–Crippen MR) is 134 cm³/mol. The van der Waals surface area contributed by atoms with Crippen molar-refractivity contribution in [3.8, 4) is 21.8 Å². The molecule has 0 fully saturated rings. The Bertz CT molecular complexity index is 1320. The van der Waals surface area contributed by atoms with Gasteiger partial charge in [-0.3, -0.25) is 9.79 Å². The maximum Gasteiger partial charge on any atom is 0.336 e. The van der Waals surface area contributed by atoms with E-state index in [9.17, 15) is 9.59 Å². The van der Waals surface area contributed by atoms with Gasteiger partial charge in [-0.2, -0.15) is 0 Å². The molecular formula is C27H26N2O4S. The number of thiazole rings is 1. The molecule has 2 heterocycles. The number of hydrogen-bond donors (Lipinski definition) is 0. The van der Waals surface area contributed by atoms with Gasteiger partial charge in [-0.25, -0.2) is 9.78 Å². The van der Waals surface area contributed by atoms with Crippen molar-refractivity contribution in [3.63, 3.8) is 0 Å². The average Bonchev–Trinajstić information content (AvgIpc) is 3.33. The number of methoxy groups -OCH3 is 2. The van der Waals surface area contributed by atoms with Gasteiger partial charge in [0.2, 0.25) is 0 Å². The molecule has 1 aliphatic heterocycles. The maximum atomic E-state index is 12.8. The van der Waals surface area contributed by atoms with Gasteiger partial charge in [-0.1, -0.05) is 42.5 Å². The number of aromatic nitrogens is 1. The Morgan fingerprint density at radius 3 is 2.44 bits per heavy atom. The Labute approximate surface area is 203 Å². The van der Waals surface area contributed by atoms with Crippen molar-refractivity contribution in [2.45, 2.75) is 26.7 Å². The van der Waals surface area contributed by atoms with E-state index in [2.05, 4.69) is 24.0 Å². The van der Waals surface area contributed by atoms with Crippen LogP contribution in [-0.4, -0.2) is 36.9 Å². The van der Waals surface area contributed by atoms with Crippen molar-refractivity contribution in [2.24, 2.45) is 10.9 Å². The van der Waals surface area contributed by atoms with Gasteiger partial charge in [0.25, 0.3) is 0 Å². The summed E-state index contributed by atoms with van der Waals surface area (Å²) in [6.45, 7) is 5.61. The smallest absolute Gasteiger partial charge is 0.336 e. The molecule has 0 saturated carbocycles. The molecule has 6 nitrogen and oxygen atoms in total. The molecule has 174 valence electrons. The molecule has 0 spiro atoms. The summed E-state index contributed by atoms with van der Waals surface area (Å²) in [6.07, 6.45) is 0. The van der Waals surface area contributed by atoms with E-state index in [4.69, 9.17) is 14.5 Å². The molecule has 2 aromatic carbocycles. The second-order valence-corrected chi connectivity index (χ2v) is 9.06. The van der Waals surface area contributed by atoms with E-state index in [-0.39, 0.29) is 0 Å². The fraction of sp³-hybridized carbons (Fsp3) is 0.259. The van der Waals surface area contributed by atoms with E-state index in [0.29, 0.717) is 17.0 Å². The summed E-state index contributed by atoms with van der Waals surface area (Å²) < 4.78 is 10.1. The topological polar surface area (TPSA) is 77.8 Å². The molecule has 34 heavy (non-hydrogen) atoms. The Morgan fingerprint density at radius 2 is 1.74 bits per heavy atom. The molecule has 7 heteroatoms. The van der Waals surface area contributed by atoms with E-state index >= 15 is 0 Å². The summed E-state index contributed by atoms with van der Waals surface area (Å²) in [6, 6.07) is 15.9. The van der Waals surface area contributed by atoms with E-state index in [0.717, 1.165) is 33.0 Å². The highest BCUT2D eigenvalue weighted by atomic mass is 32.1. The zero-order chi connectivity index (χ0) is 24.4. The van der Waals surface area contributed by atoms with Gasteiger partial charge in [0.15, 0.2) is 0 Å². The SMILES string of the molecule is COC(=O)C1=C(C)N=C(C)C(C(=O)OC)C1c1cccc(-c2nc(-c3ccccc3C)cs2)c1. The molecule has 0 aliphatic carbocycles. The largest absolute Gasteiger partial charge is 0.468 e. The minimum Gasteiger partial charge on any atom is -0.468 e. The number of allylic oxidation sites excluding steroid dienone is 1. The Balaban J connectivity index is 1.80. The van der Waals surface area contributed by atoms with Crippen molar-refractivity contribution in [1.82, 2.24) is 4.98 Å². The zero-order valence-electron chi connectivity index (χ0n) is 19.8. The van der Waals surface area contributed by atoms with Gasteiger partial charge in [0, 0.05) is 33.8 Å². The summed E-state index contributed by atoms with van der Waals surface area (Å²) >= 11 is 1.56. The lowest BCUT2D eigenvalue weighted by Gasteiger charge is -2.31. The summed E-state index contributed by atoms with van der Waals surface area (Å²) in [5, 5.41) is 2.90. The Hall–Kier alpha value is -3.58. The van der Waals surface area contributed by atoms with E-state index in [1.165, 1.54) is 14.2 Å². The third-order valence-electron chi connectivity index (χ3n) is 6.11. The molecular weight excluding hydrogens is 448 g/mol. The molecule has 3 aromatic rings. The number of hydrogen-bond acceptors (Lipinski definition) is 7. The van der Waals surface area contributed by atoms with Crippen LogP contribution in [0.4, 0.5) is 0 Å². The van der Waals surface area contributed by atoms with Crippen molar-refractivity contribution in [2.75, 3.05) is 14.2 Å². The molecule has 0 N–H and O–H groups in total. The van der Waals surface area contributed by atoms with Crippen LogP contribution in [0.3, 0.4) is 0 Å². The average molecular weight is 475 g/mol. The fourth-order valence-electron chi connectivity index (χ4n) is 4.46. The molecule has 0 radical (unpaired) electrons. The lowest BCUT2D eigenvalue weighted by Crippen LogP contribution is -2.36. The van der Waals surface area contributed by atoms with Crippen molar-refractivity contribution in [1.29, 1.82) is 0 Å². The highest BCUT2D eigenvalue weighted by Crippen LogP contribution is 2.41. The third kappa shape index (κ3) is 4.31. The first-order valence-corrected chi connectivity index (χ1v) is 11.8. The summed E-state index contributed by atoms with van der Waals surface area (Å²) in [4.78, 5) is 34.9.